The van der Waals surface area contributed by atoms with E-state index in [-0.39, 0.29) is 12.0 Å². The lowest BCUT2D eigenvalue weighted by Crippen LogP contribution is -2.69. The first kappa shape index (κ1) is 15.8. The van der Waals surface area contributed by atoms with Gasteiger partial charge in [-0.2, -0.15) is 0 Å². The van der Waals surface area contributed by atoms with Gasteiger partial charge >= 0.3 is 0 Å². The van der Waals surface area contributed by atoms with Crippen LogP contribution in [-0.4, -0.2) is 37.1 Å². The van der Waals surface area contributed by atoms with E-state index in [4.69, 9.17) is 14.6 Å². The van der Waals surface area contributed by atoms with Gasteiger partial charge in [-0.25, -0.2) is 0 Å². The van der Waals surface area contributed by atoms with Crippen LogP contribution in [0.5, 0.6) is 5.75 Å². The number of fused-ring (bicyclic) bond motifs is 1. The molecule has 4 heteroatoms. The van der Waals surface area contributed by atoms with Crippen molar-refractivity contribution in [3.63, 3.8) is 0 Å². The van der Waals surface area contributed by atoms with Crippen molar-refractivity contribution in [2.75, 3.05) is 19.8 Å². The quantitative estimate of drug-likeness (QED) is 0.847. The van der Waals surface area contributed by atoms with E-state index in [9.17, 15) is 0 Å². The maximum absolute atomic E-state index is 8.93. The topological polar surface area (TPSA) is 50.7 Å². The summed E-state index contributed by atoms with van der Waals surface area (Å²) >= 11 is 0. The predicted molar refractivity (Wildman–Crippen MR) is 85.9 cm³/mol. The first-order valence-electron chi connectivity index (χ1n) is 8.31. The molecule has 122 valence electrons. The van der Waals surface area contributed by atoms with E-state index in [0.717, 1.165) is 24.5 Å². The summed E-state index contributed by atoms with van der Waals surface area (Å²) in [5.74, 6) is 1.49. The summed E-state index contributed by atoms with van der Waals surface area (Å²) in [6, 6.07) is 8.53. The van der Waals surface area contributed by atoms with Crippen molar-refractivity contribution in [3.05, 3.63) is 29.8 Å². The Balaban J connectivity index is 1.63. The van der Waals surface area contributed by atoms with E-state index >= 15 is 0 Å². The molecular formula is C18H27NO3. The number of nitrogens with one attached hydrogen (secondary N) is 1. The number of aliphatic hydroxyl groups is 1. The summed E-state index contributed by atoms with van der Waals surface area (Å²) in [5.41, 5.74) is 1.33. The average Bonchev–Trinajstić information content (AvgIpc) is 2.54. The lowest BCUT2D eigenvalue weighted by atomic mass is 9.55. The van der Waals surface area contributed by atoms with Gasteiger partial charge < -0.3 is 19.9 Å². The van der Waals surface area contributed by atoms with Crippen LogP contribution in [0.1, 0.15) is 32.3 Å². The van der Waals surface area contributed by atoms with Crippen molar-refractivity contribution < 1.29 is 14.6 Å². The molecule has 1 saturated carbocycles. The van der Waals surface area contributed by atoms with Gasteiger partial charge in [0.05, 0.1) is 12.7 Å². The van der Waals surface area contributed by atoms with Crippen molar-refractivity contribution in [1.82, 2.24) is 5.32 Å². The van der Waals surface area contributed by atoms with Gasteiger partial charge in [0.2, 0.25) is 0 Å². The second-order valence-electron chi connectivity index (χ2n) is 6.96. The molecule has 1 aliphatic carbocycles. The Bertz CT molecular complexity index is 503. The summed E-state index contributed by atoms with van der Waals surface area (Å²) in [6.45, 7) is 6.67. The third-order valence-corrected chi connectivity index (χ3v) is 5.16. The summed E-state index contributed by atoms with van der Waals surface area (Å²) in [5, 5.41) is 12.6. The van der Waals surface area contributed by atoms with Crippen LogP contribution >= 0.6 is 0 Å². The maximum Gasteiger partial charge on any atom is 0.123 e. The summed E-state index contributed by atoms with van der Waals surface area (Å²) in [4.78, 5) is 0. The van der Waals surface area contributed by atoms with Gasteiger partial charge in [-0.3, -0.25) is 0 Å². The highest BCUT2D eigenvalue weighted by molar-refractivity contribution is 5.33. The lowest BCUT2D eigenvalue weighted by Gasteiger charge is -2.60. The number of ether oxygens (including phenoxy) is 2. The van der Waals surface area contributed by atoms with Crippen LogP contribution in [0.4, 0.5) is 0 Å². The molecule has 1 saturated heterocycles. The zero-order valence-corrected chi connectivity index (χ0v) is 13.5. The number of hydrogen-bond donors (Lipinski definition) is 2. The zero-order chi connectivity index (χ0) is 15.6. The lowest BCUT2D eigenvalue weighted by molar-refractivity contribution is -0.193. The first-order chi connectivity index (χ1) is 10.6. The van der Waals surface area contributed by atoms with E-state index in [1.54, 1.807) is 0 Å². The van der Waals surface area contributed by atoms with Crippen molar-refractivity contribution in [1.29, 1.82) is 0 Å². The summed E-state index contributed by atoms with van der Waals surface area (Å²) < 4.78 is 11.6. The van der Waals surface area contributed by atoms with E-state index in [1.807, 2.05) is 18.2 Å². The molecule has 1 heterocycles. The molecule has 22 heavy (non-hydrogen) atoms. The number of rotatable bonds is 6. The van der Waals surface area contributed by atoms with Gasteiger partial charge in [0.15, 0.2) is 0 Å². The SMILES string of the molecule is CC1(C)C(NCc2ccccc2OCCO)C2CCCOC21. The highest BCUT2D eigenvalue weighted by Gasteiger charge is 2.57. The Hall–Kier alpha value is -1.10. The molecule has 2 aliphatic rings. The molecule has 0 spiro atoms. The van der Waals surface area contributed by atoms with Crippen molar-refractivity contribution >= 4 is 0 Å². The molecule has 1 aliphatic heterocycles. The molecule has 1 aromatic carbocycles. The molecule has 3 atom stereocenters. The number of para-hydroxylation sites is 1. The fourth-order valence-corrected chi connectivity index (χ4v) is 4.10. The second kappa shape index (κ2) is 6.57. The van der Waals surface area contributed by atoms with Gasteiger partial charge in [0.1, 0.15) is 12.4 Å². The standard InChI is InChI=1S/C18H27NO3/c1-18(2)16(14-7-5-10-22-17(14)18)19-12-13-6-3-4-8-15(13)21-11-9-20/h3-4,6,8,14,16-17,19-20H,5,7,9-12H2,1-2H3. The highest BCUT2D eigenvalue weighted by Crippen LogP contribution is 2.51. The van der Waals surface area contributed by atoms with E-state index in [2.05, 4.69) is 25.2 Å². The monoisotopic (exact) mass is 305 g/mol. The molecule has 2 fully saturated rings. The van der Waals surface area contributed by atoms with Gasteiger partial charge in [-0.05, 0) is 18.9 Å². The van der Waals surface area contributed by atoms with E-state index < -0.39 is 0 Å². The average molecular weight is 305 g/mol. The minimum Gasteiger partial charge on any atom is -0.491 e. The Morgan fingerprint density at radius 2 is 2.18 bits per heavy atom. The number of aliphatic hydroxyl groups excluding tert-OH is 1. The third-order valence-electron chi connectivity index (χ3n) is 5.16. The van der Waals surface area contributed by atoms with Gasteiger partial charge in [0, 0.05) is 36.1 Å². The molecule has 4 nitrogen and oxygen atoms in total. The largest absolute Gasteiger partial charge is 0.491 e. The second-order valence-corrected chi connectivity index (χ2v) is 6.96. The normalized spacial score (nSPS) is 29.5. The molecule has 2 N–H and O–H groups in total. The van der Waals surface area contributed by atoms with Gasteiger partial charge in [0.25, 0.3) is 0 Å². The van der Waals surface area contributed by atoms with Crippen LogP contribution in [0.3, 0.4) is 0 Å². The van der Waals surface area contributed by atoms with Crippen LogP contribution in [0.15, 0.2) is 24.3 Å². The fourth-order valence-electron chi connectivity index (χ4n) is 4.10. The molecule has 0 amide bonds. The fraction of sp³-hybridized carbons (Fsp3) is 0.667. The number of hydrogen-bond acceptors (Lipinski definition) is 4. The van der Waals surface area contributed by atoms with Gasteiger partial charge in [-0.15, -0.1) is 0 Å². The van der Waals surface area contributed by atoms with E-state index in [1.165, 1.54) is 12.8 Å². The smallest absolute Gasteiger partial charge is 0.123 e. The maximum atomic E-state index is 8.93. The van der Waals surface area contributed by atoms with Crippen LogP contribution in [-0.2, 0) is 11.3 Å². The first-order valence-corrected chi connectivity index (χ1v) is 8.31. The molecule has 0 radical (unpaired) electrons. The third kappa shape index (κ3) is 2.87. The highest BCUT2D eigenvalue weighted by atomic mass is 16.5. The van der Waals surface area contributed by atoms with Crippen molar-refractivity contribution in [2.45, 2.75) is 45.4 Å². The summed E-state index contributed by atoms with van der Waals surface area (Å²) in [6.07, 6.45) is 2.83. The molecule has 3 unspecified atom stereocenters. The van der Waals surface area contributed by atoms with Crippen LogP contribution < -0.4 is 10.1 Å². The Labute approximate surface area is 132 Å². The van der Waals surface area contributed by atoms with Gasteiger partial charge in [-0.1, -0.05) is 32.0 Å². The van der Waals surface area contributed by atoms with Crippen LogP contribution in [0.25, 0.3) is 0 Å². The van der Waals surface area contributed by atoms with Crippen molar-refractivity contribution in [2.24, 2.45) is 11.3 Å². The molecule has 1 aromatic rings. The summed E-state index contributed by atoms with van der Waals surface area (Å²) in [7, 11) is 0. The van der Waals surface area contributed by atoms with Crippen LogP contribution in [0.2, 0.25) is 0 Å². The molecule has 0 aromatic heterocycles. The Morgan fingerprint density at radius 1 is 1.36 bits per heavy atom. The Morgan fingerprint density at radius 3 is 3.00 bits per heavy atom. The van der Waals surface area contributed by atoms with Crippen molar-refractivity contribution in [3.8, 4) is 5.75 Å². The minimum absolute atomic E-state index is 0.0402. The van der Waals surface area contributed by atoms with E-state index in [0.29, 0.717) is 24.7 Å². The van der Waals surface area contributed by atoms with Crippen LogP contribution in [0, 0.1) is 11.3 Å². The predicted octanol–water partition coefficient (Wildman–Crippen LogP) is 2.35. The molecular weight excluding hydrogens is 278 g/mol. The minimum atomic E-state index is 0.0402. The molecule has 0 bridgehead atoms. The zero-order valence-electron chi connectivity index (χ0n) is 13.5. The Kier molecular flexibility index (Phi) is 4.71. The number of benzene rings is 1. The molecule has 3 rings (SSSR count).